The number of carbonyl (C=O) groups excluding carboxylic acids is 1. The van der Waals surface area contributed by atoms with E-state index in [0.717, 1.165) is 17.4 Å². The Morgan fingerprint density at radius 2 is 1.75 bits per heavy atom. The van der Waals surface area contributed by atoms with Crippen LogP contribution in [0.15, 0.2) is 47.4 Å². The van der Waals surface area contributed by atoms with Gasteiger partial charge in [0.05, 0.1) is 10.1 Å². The summed E-state index contributed by atoms with van der Waals surface area (Å²) in [6.07, 6.45) is 0.742. The lowest BCUT2D eigenvalue weighted by atomic mass is 10.1. The summed E-state index contributed by atoms with van der Waals surface area (Å²) < 4.78 is 36.4. The summed E-state index contributed by atoms with van der Waals surface area (Å²) in [5, 5.41) is -0.724. The van der Waals surface area contributed by atoms with Gasteiger partial charge in [-0.25, -0.2) is 8.42 Å². The molecule has 2 aliphatic rings. The first kappa shape index (κ1) is 15.2. The van der Waals surface area contributed by atoms with Crippen LogP contribution in [0.4, 0.5) is 0 Å². The van der Waals surface area contributed by atoms with Crippen molar-refractivity contribution in [2.24, 2.45) is 5.92 Å². The van der Waals surface area contributed by atoms with Crippen molar-refractivity contribution in [2.75, 3.05) is 6.79 Å². The summed E-state index contributed by atoms with van der Waals surface area (Å²) >= 11 is 0. The topological polar surface area (TPSA) is 69.7 Å². The molecule has 1 fully saturated rings. The van der Waals surface area contributed by atoms with Gasteiger partial charge in [0.15, 0.2) is 21.3 Å². The van der Waals surface area contributed by atoms with E-state index in [0.29, 0.717) is 11.5 Å². The number of carbonyl (C=O) groups is 1. The maximum Gasteiger partial charge on any atom is 0.231 e. The average Bonchev–Trinajstić information content (AvgIpc) is 3.15. The van der Waals surface area contributed by atoms with Crippen LogP contribution < -0.4 is 9.47 Å². The van der Waals surface area contributed by atoms with E-state index < -0.39 is 21.0 Å². The van der Waals surface area contributed by atoms with E-state index in [-0.39, 0.29) is 17.6 Å². The Hall–Kier alpha value is -2.34. The van der Waals surface area contributed by atoms with Gasteiger partial charge in [-0.2, -0.15) is 0 Å². The molecule has 0 radical (unpaired) electrons. The molecular weight excluding hydrogens is 328 g/mol. The standard InChI is InChI=1S/C18H16O5S/c1-11-2-5-13(6-3-11)24(20,21)18-14(9-19)17(18)12-4-7-15-16(8-12)23-10-22-15/h2-9,14,17-18H,10H2,1H3/t14-,17+,18-/m1/s1. The van der Waals surface area contributed by atoms with Gasteiger partial charge >= 0.3 is 0 Å². The number of hydrogen-bond acceptors (Lipinski definition) is 5. The molecule has 3 atom stereocenters. The first-order chi connectivity index (χ1) is 11.5. The molecule has 0 saturated heterocycles. The van der Waals surface area contributed by atoms with Crippen LogP contribution in [0.1, 0.15) is 17.0 Å². The molecule has 2 aromatic rings. The van der Waals surface area contributed by atoms with Crippen molar-refractivity contribution in [3.8, 4) is 11.5 Å². The number of sulfone groups is 1. The fourth-order valence-electron chi connectivity index (χ4n) is 3.28. The Bertz CT molecular complexity index is 902. The predicted octanol–water partition coefficient (Wildman–Crippen LogP) is 2.48. The summed E-state index contributed by atoms with van der Waals surface area (Å²) in [6.45, 7) is 2.06. The van der Waals surface area contributed by atoms with Crippen molar-refractivity contribution < 1.29 is 22.7 Å². The van der Waals surface area contributed by atoms with E-state index in [1.165, 1.54) is 0 Å². The smallest absolute Gasteiger partial charge is 0.231 e. The minimum atomic E-state index is -3.56. The predicted molar refractivity (Wildman–Crippen MR) is 87.0 cm³/mol. The molecule has 24 heavy (non-hydrogen) atoms. The van der Waals surface area contributed by atoms with Crippen LogP contribution in [-0.4, -0.2) is 26.7 Å². The summed E-state index contributed by atoms with van der Waals surface area (Å²) in [5.74, 6) is 0.357. The molecule has 1 aliphatic carbocycles. The molecule has 1 aliphatic heterocycles. The second-order valence-corrected chi connectivity index (χ2v) is 8.28. The minimum Gasteiger partial charge on any atom is -0.454 e. The Morgan fingerprint density at radius 3 is 2.46 bits per heavy atom. The van der Waals surface area contributed by atoms with Crippen molar-refractivity contribution in [3.05, 3.63) is 53.6 Å². The number of aldehydes is 1. The number of aryl methyl sites for hydroxylation is 1. The zero-order valence-corrected chi connectivity index (χ0v) is 13.8. The molecule has 0 unspecified atom stereocenters. The highest BCUT2D eigenvalue weighted by Crippen LogP contribution is 2.54. The van der Waals surface area contributed by atoms with E-state index in [1.54, 1.807) is 42.5 Å². The van der Waals surface area contributed by atoms with E-state index in [1.807, 2.05) is 6.92 Å². The van der Waals surface area contributed by atoms with Crippen LogP contribution in [0.5, 0.6) is 11.5 Å². The van der Waals surface area contributed by atoms with Gasteiger partial charge in [0, 0.05) is 11.8 Å². The Balaban J connectivity index is 1.68. The van der Waals surface area contributed by atoms with Crippen LogP contribution in [0.25, 0.3) is 0 Å². The molecular formula is C18H16O5S. The van der Waals surface area contributed by atoms with Gasteiger partial charge in [-0.05, 0) is 36.8 Å². The van der Waals surface area contributed by atoms with E-state index in [9.17, 15) is 13.2 Å². The molecule has 0 spiro atoms. The molecule has 1 heterocycles. The van der Waals surface area contributed by atoms with Gasteiger partial charge in [0.25, 0.3) is 0 Å². The summed E-state index contributed by atoms with van der Waals surface area (Å²) in [4.78, 5) is 11.7. The number of benzene rings is 2. The summed E-state index contributed by atoms with van der Waals surface area (Å²) in [7, 11) is -3.56. The molecule has 4 rings (SSSR count). The van der Waals surface area contributed by atoms with E-state index >= 15 is 0 Å². The van der Waals surface area contributed by atoms with Crippen molar-refractivity contribution in [2.45, 2.75) is 23.0 Å². The van der Waals surface area contributed by atoms with Gasteiger partial charge in [-0.3, -0.25) is 0 Å². The minimum absolute atomic E-state index is 0.158. The second kappa shape index (κ2) is 5.34. The molecule has 2 aromatic carbocycles. The fraction of sp³-hybridized carbons (Fsp3) is 0.278. The maximum absolute atomic E-state index is 12.9. The first-order valence-electron chi connectivity index (χ1n) is 7.68. The van der Waals surface area contributed by atoms with Gasteiger partial charge < -0.3 is 14.3 Å². The van der Waals surface area contributed by atoms with Crippen molar-refractivity contribution >= 4 is 16.1 Å². The lowest BCUT2D eigenvalue weighted by molar-refractivity contribution is -0.108. The van der Waals surface area contributed by atoms with Crippen molar-refractivity contribution in [1.82, 2.24) is 0 Å². The molecule has 0 bridgehead atoms. The van der Waals surface area contributed by atoms with Crippen molar-refractivity contribution in [1.29, 1.82) is 0 Å². The van der Waals surface area contributed by atoms with Gasteiger partial charge in [-0.1, -0.05) is 23.8 Å². The SMILES string of the molecule is Cc1ccc(S(=O)(=O)[C@@H]2[C@H](C=O)[C@@H]2c2ccc3c(c2)OCO3)cc1. The molecule has 5 nitrogen and oxygen atoms in total. The number of rotatable bonds is 4. The molecule has 0 amide bonds. The van der Waals surface area contributed by atoms with Crippen molar-refractivity contribution in [3.63, 3.8) is 0 Å². The monoisotopic (exact) mass is 344 g/mol. The zero-order valence-electron chi connectivity index (χ0n) is 13.0. The second-order valence-electron chi connectivity index (χ2n) is 6.17. The first-order valence-corrected chi connectivity index (χ1v) is 9.22. The Kier molecular flexibility index (Phi) is 3.38. The summed E-state index contributed by atoms with van der Waals surface area (Å²) in [5.41, 5.74) is 1.78. The average molecular weight is 344 g/mol. The molecule has 124 valence electrons. The summed E-state index contributed by atoms with van der Waals surface area (Å²) in [6, 6.07) is 12.1. The molecule has 0 aromatic heterocycles. The van der Waals surface area contributed by atoms with Crippen LogP contribution in [-0.2, 0) is 14.6 Å². The highest BCUT2D eigenvalue weighted by atomic mass is 32.2. The van der Waals surface area contributed by atoms with Crippen LogP contribution >= 0.6 is 0 Å². The molecule has 6 heteroatoms. The van der Waals surface area contributed by atoms with Crippen LogP contribution in [0.3, 0.4) is 0 Å². The molecule has 1 saturated carbocycles. The normalized spacial score (nSPS) is 24.6. The largest absolute Gasteiger partial charge is 0.454 e. The number of fused-ring (bicyclic) bond motifs is 1. The van der Waals surface area contributed by atoms with E-state index in [2.05, 4.69) is 0 Å². The van der Waals surface area contributed by atoms with E-state index in [4.69, 9.17) is 9.47 Å². The maximum atomic E-state index is 12.9. The zero-order chi connectivity index (χ0) is 16.9. The van der Waals surface area contributed by atoms with Gasteiger partial charge in [-0.15, -0.1) is 0 Å². The highest BCUT2D eigenvalue weighted by molar-refractivity contribution is 7.92. The Morgan fingerprint density at radius 1 is 1.04 bits per heavy atom. The number of hydrogen-bond donors (Lipinski definition) is 0. The third-order valence-electron chi connectivity index (χ3n) is 4.65. The number of ether oxygens (including phenoxy) is 2. The third kappa shape index (κ3) is 2.29. The van der Waals surface area contributed by atoms with Crippen LogP contribution in [0.2, 0.25) is 0 Å². The van der Waals surface area contributed by atoms with Crippen LogP contribution in [0, 0.1) is 12.8 Å². The highest BCUT2D eigenvalue weighted by Gasteiger charge is 2.59. The van der Waals surface area contributed by atoms with Gasteiger partial charge in [0.2, 0.25) is 6.79 Å². The fourth-order valence-corrected chi connectivity index (χ4v) is 5.40. The lowest BCUT2D eigenvalue weighted by Gasteiger charge is -2.05. The lowest BCUT2D eigenvalue weighted by Crippen LogP contribution is -2.11. The quantitative estimate of drug-likeness (QED) is 0.797. The molecule has 0 N–H and O–H groups in total. The van der Waals surface area contributed by atoms with Gasteiger partial charge in [0.1, 0.15) is 6.29 Å². The third-order valence-corrected chi connectivity index (χ3v) is 6.91. The Labute approximate surface area is 140 Å².